The van der Waals surface area contributed by atoms with Gasteiger partial charge in [-0.25, -0.2) is 0 Å². The van der Waals surface area contributed by atoms with Crippen molar-refractivity contribution in [3.05, 3.63) is 0 Å². The molecule has 1 aliphatic rings. The lowest BCUT2D eigenvalue weighted by Crippen LogP contribution is -2.59. The summed E-state index contributed by atoms with van der Waals surface area (Å²) in [7, 11) is 6.34. The van der Waals surface area contributed by atoms with Crippen molar-refractivity contribution in [1.29, 1.82) is 0 Å². The largest absolute Gasteiger partial charge is 0.385 e. The number of rotatable bonds is 8. The Bertz CT molecular complexity index is 223. The molecule has 0 aromatic heterocycles. The third kappa shape index (κ3) is 4.73. The topological polar surface area (TPSA) is 24.5 Å². The zero-order chi connectivity index (χ0) is 14.1. The molecule has 1 N–H and O–H groups in total. The summed E-state index contributed by atoms with van der Waals surface area (Å²) in [6, 6.07) is 0.598. The van der Waals surface area contributed by atoms with Crippen LogP contribution in [0.5, 0.6) is 0 Å². The first-order valence-electron chi connectivity index (χ1n) is 8.07. The summed E-state index contributed by atoms with van der Waals surface area (Å²) < 4.78 is 5.23. The Morgan fingerprint density at radius 2 is 1.79 bits per heavy atom. The molecule has 0 radical (unpaired) electrons. The smallest absolute Gasteiger partial charge is 0.0462 e. The van der Waals surface area contributed by atoms with E-state index in [-0.39, 0.29) is 0 Å². The fraction of sp³-hybridized carbons (Fsp3) is 1.00. The molecule has 0 bridgehead atoms. The molecule has 1 saturated carbocycles. The van der Waals surface area contributed by atoms with Gasteiger partial charge in [-0.2, -0.15) is 0 Å². The summed E-state index contributed by atoms with van der Waals surface area (Å²) in [5.74, 6) is 0. The fourth-order valence-corrected chi connectivity index (χ4v) is 3.69. The standard InChI is InChI=1S/C16H34N2O/c1-5-17-15(11-10-14-19-4)16(18(2)3)12-8-6-7-9-13-16/h15,17H,5-14H2,1-4H3. The molecule has 0 spiro atoms. The molecule has 1 fully saturated rings. The lowest BCUT2D eigenvalue weighted by atomic mass is 9.79. The van der Waals surface area contributed by atoms with E-state index in [1.807, 2.05) is 0 Å². The van der Waals surface area contributed by atoms with Crippen molar-refractivity contribution in [3.8, 4) is 0 Å². The third-order valence-corrected chi connectivity index (χ3v) is 4.80. The van der Waals surface area contributed by atoms with E-state index in [9.17, 15) is 0 Å². The molecule has 0 aromatic rings. The highest BCUT2D eigenvalue weighted by Gasteiger charge is 2.39. The van der Waals surface area contributed by atoms with E-state index in [2.05, 4.69) is 31.2 Å². The Morgan fingerprint density at radius 3 is 2.26 bits per heavy atom. The number of nitrogens with zero attached hydrogens (tertiary/aromatic N) is 1. The normalized spacial score (nSPS) is 21.3. The van der Waals surface area contributed by atoms with Crippen molar-refractivity contribution < 1.29 is 4.74 Å². The Kier molecular flexibility index (Phi) is 7.96. The molecule has 0 aromatic carbocycles. The van der Waals surface area contributed by atoms with E-state index in [0.717, 1.165) is 19.6 Å². The second-order valence-corrected chi connectivity index (χ2v) is 6.16. The highest BCUT2D eigenvalue weighted by atomic mass is 16.5. The molecule has 0 amide bonds. The summed E-state index contributed by atoms with van der Waals surface area (Å²) in [5, 5.41) is 3.76. The number of likely N-dealkylation sites (N-methyl/N-ethyl adjacent to an activating group) is 2. The lowest BCUT2D eigenvalue weighted by Gasteiger charge is -2.46. The zero-order valence-electron chi connectivity index (χ0n) is 13.5. The van der Waals surface area contributed by atoms with Crippen LogP contribution in [0.1, 0.15) is 58.3 Å². The van der Waals surface area contributed by atoms with Crippen molar-refractivity contribution in [3.63, 3.8) is 0 Å². The second-order valence-electron chi connectivity index (χ2n) is 6.16. The van der Waals surface area contributed by atoms with E-state index in [1.165, 1.54) is 44.9 Å². The van der Waals surface area contributed by atoms with Gasteiger partial charge in [0.25, 0.3) is 0 Å². The summed E-state index contributed by atoms with van der Waals surface area (Å²) in [6.07, 6.45) is 10.6. The molecule has 1 rings (SSSR count). The average Bonchev–Trinajstić information content (AvgIpc) is 2.64. The lowest BCUT2D eigenvalue weighted by molar-refractivity contribution is 0.0713. The maximum Gasteiger partial charge on any atom is 0.0462 e. The first-order valence-corrected chi connectivity index (χ1v) is 8.07. The van der Waals surface area contributed by atoms with E-state index >= 15 is 0 Å². The van der Waals surface area contributed by atoms with Crippen LogP contribution in [0.3, 0.4) is 0 Å². The van der Waals surface area contributed by atoms with Crippen LogP contribution in [0.2, 0.25) is 0 Å². The SMILES string of the molecule is CCNC(CCCOC)C1(N(C)C)CCCCCC1. The summed E-state index contributed by atoms with van der Waals surface area (Å²) in [5.41, 5.74) is 0.347. The number of ether oxygens (including phenoxy) is 1. The molecule has 114 valence electrons. The van der Waals surface area contributed by atoms with Crippen LogP contribution in [-0.4, -0.2) is 50.8 Å². The minimum absolute atomic E-state index is 0.347. The molecule has 3 nitrogen and oxygen atoms in total. The van der Waals surface area contributed by atoms with Gasteiger partial charge in [-0.15, -0.1) is 0 Å². The maximum atomic E-state index is 5.23. The summed E-state index contributed by atoms with van der Waals surface area (Å²) in [6.45, 7) is 4.17. The van der Waals surface area contributed by atoms with Crippen molar-refractivity contribution in [2.75, 3.05) is 34.4 Å². The average molecular weight is 270 g/mol. The molecule has 19 heavy (non-hydrogen) atoms. The first kappa shape index (κ1) is 16.9. The first-order chi connectivity index (χ1) is 9.17. The molecule has 1 atom stereocenters. The Balaban J connectivity index is 2.76. The molecule has 3 heteroatoms. The van der Waals surface area contributed by atoms with E-state index < -0.39 is 0 Å². The molecular formula is C16H34N2O. The van der Waals surface area contributed by atoms with Crippen LogP contribution in [-0.2, 0) is 4.74 Å². The van der Waals surface area contributed by atoms with Crippen LogP contribution in [0.15, 0.2) is 0 Å². The molecule has 1 aliphatic carbocycles. The molecule has 0 saturated heterocycles. The number of hydrogen-bond acceptors (Lipinski definition) is 3. The van der Waals surface area contributed by atoms with Gasteiger partial charge >= 0.3 is 0 Å². The third-order valence-electron chi connectivity index (χ3n) is 4.80. The molecular weight excluding hydrogens is 236 g/mol. The van der Waals surface area contributed by atoms with E-state index in [4.69, 9.17) is 4.74 Å². The minimum atomic E-state index is 0.347. The zero-order valence-corrected chi connectivity index (χ0v) is 13.5. The van der Waals surface area contributed by atoms with Crippen molar-refractivity contribution in [1.82, 2.24) is 10.2 Å². The Morgan fingerprint density at radius 1 is 1.16 bits per heavy atom. The maximum absolute atomic E-state index is 5.23. The van der Waals surface area contributed by atoms with Gasteiger partial charge in [0.1, 0.15) is 0 Å². The van der Waals surface area contributed by atoms with Crippen molar-refractivity contribution in [2.24, 2.45) is 0 Å². The van der Waals surface area contributed by atoms with Crippen LogP contribution in [0.25, 0.3) is 0 Å². The van der Waals surface area contributed by atoms with E-state index in [0.29, 0.717) is 11.6 Å². The molecule has 0 aliphatic heterocycles. The predicted octanol–water partition coefficient (Wildman–Crippen LogP) is 3.05. The summed E-state index contributed by atoms with van der Waals surface area (Å²) >= 11 is 0. The van der Waals surface area contributed by atoms with Gasteiger partial charge in [-0.1, -0.05) is 32.6 Å². The van der Waals surface area contributed by atoms with Gasteiger partial charge in [-0.05, 0) is 46.3 Å². The number of hydrogen-bond donors (Lipinski definition) is 1. The summed E-state index contributed by atoms with van der Waals surface area (Å²) in [4.78, 5) is 2.50. The molecule has 1 unspecified atom stereocenters. The van der Waals surface area contributed by atoms with Crippen molar-refractivity contribution >= 4 is 0 Å². The highest BCUT2D eigenvalue weighted by Crippen LogP contribution is 2.35. The highest BCUT2D eigenvalue weighted by molar-refractivity contribution is 4.99. The number of methoxy groups -OCH3 is 1. The number of nitrogens with one attached hydrogen (secondary N) is 1. The van der Waals surface area contributed by atoms with Gasteiger partial charge in [0, 0.05) is 25.3 Å². The molecule has 0 heterocycles. The van der Waals surface area contributed by atoms with Gasteiger partial charge in [0.2, 0.25) is 0 Å². The van der Waals surface area contributed by atoms with Gasteiger partial charge < -0.3 is 15.0 Å². The Labute approximate surface area is 120 Å². The van der Waals surface area contributed by atoms with Crippen LogP contribution >= 0.6 is 0 Å². The fourth-order valence-electron chi connectivity index (χ4n) is 3.69. The van der Waals surface area contributed by atoms with E-state index in [1.54, 1.807) is 7.11 Å². The minimum Gasteiger partial charge on any atom is -0.385 e. The predicted molar refractivity (Wildman–Crippen MR) is 82.7 cm³/mol. The van der Waals surface area contributed by atoms with Gasteiger partial charge in [0.05, 0.1) is 0 Å². The quantitative estimate of drug-likeness (QED) is 0.542. The second kappa shape index (κ2) is 8.93. The van der Waals surface area contributed by atoms with Crippen LogP contribution in [0.4, 0.5) is 0 Å². The van der Waals surface area contributed by atoms with Gasteiger partial charge in [0.15, 0.2) is 0 Å². The monoisotopic (exact) mass is 270 g/mol. The van der Waals surface area contributed by atoms with Crippen molar-refractivity contribution in [2.45, 2.75) is 69.9 Å². The van der Waals surface area contributed by atoms with Gasteiger partial charge in [-0.3, -0.25) is 0 Å². The Hall–Kier alpha value is -0.120. The van der Waals surface area contributed by atoms with Crippen LogP contribution in [0, 0.1) is 0 Å². The van der Waals surface area contributed by atoms with Crippen LogP contribution < -0.4 is 5.32 Å².